The van der Waals surface area contributed by atoms with Gasteiger partial charge >= 0.3 is 0 Å². The Morgan fingerprint density at radius 2 is 1.74 bits per heavy atom. The number of rotatable bonds is 4. The van der Waals surface area contributed by atoms with Crippen molar-refractivity contribution < 1.29 is 8.78 Å². The van der Waals surface area contributed by atoms with Crippen LogP contribution in [0.2, 0.25) is 0 Å². The van der Waals surface area contributed by atoms with E-state index in [0.717, 1.165) is 27.4 Å². The fraction of sp³-hybridized carbons (Fsp3) is 0.130. The van der Waals surface area contributed by atoms with Crippen LogP contribution in [-0.4, -0.2) is 39.2 Å². The molecule has 5 aromatic rings. The largest absolute Gasteiger partial charge is 0.382 e. The minimum atomic E-state index is -0.573. The zero-order chi connectivity index (χ0) is 21.7. The first-order valence-corrected chi connectivity index (χ1v) is 9.75. The van der Waals surface area contributed by atoms with E-state index in [1.54, 1.807) is 25.2 Å². The topological polar surface area (TPSA) is 86.6 Å². The maximum Gasteiger partial charge on any atom is 0.153 e. The van der Waals surface area contributed by atoms with Gasteiger partial charge in [-0.15, -0.1) is 0 Å². The van der Waals surface area contributed by atoms with E-state index in [-0.39, 0.29) is 12.1 Å². The summed E-state index contributed by atoms with van der Waals surface area (Å²) in [4.78, 5) is 9.30. The molecule has 0 aliphatic rings. The third-order valence-electron chi connectivity index (χ3n) is 5.36. The SMILES string of the molecule is CN(C)Cc1c(F)cc(-c2cc3c(-c4ccc5[nH]nc(N)c5c4)ccnc3[nH]2)cc1F. The third kappa shape index (κ3) is 3.30. The van der Waals surface area contributed by atoms with Gasteiger partial charge in [0.25, 0.3) is 0 Å². The van der Waals surface area contributed by atoms with E-state index in [1.807, 2.05) is 30.3 Å². The number of H-pyrrole nitrogens is 2. The summed E-state index contributed by atoms with van der Waals surface area (Å²) in [6.45, 7) is 0.190. The lowest BCUT2D eigenvalue weighted by Crippen LogP contribution is -2.13. The molecule has 3 aromatic heterocycles. The van der Waals surface area contributed by atoms with Gasteiger partial charge in [0.15, 0.2) is 5.82 Å². The van der Waals surface area contributed by atoms with Gasteiger partial charge < -0.3 is 15.6 Å². The van der Waals surface area contributed by atoms with Crippen LogP contribution < -0.4 is 5.73 Å². The van der Waals surface area contributed by atoms with Gasteiger partial charge in [-0.05, 0) is 61.6 Å². The fourth-order valence-corrected chi connectivity index (χ4v) is 3.86. The van der Waals surface area contributed by atoms with Gasteiger partial charge in [-0.1, -0.05) is 6.07 Å². The van der Waals surface area contributed by atoms with E-state index < -0.39 is 11.6 Å². The fourth-order valence-electron chi connectivity index (χ4n) is 3.86. The van der Waals surface area contributed by atoms with Crippen molar-refractivity contribution in [3.8, 4) is 22.4 Å². The first kappa shape index (κ1) is 19.2. The van der Waals surface area contributed by atoms with Crippen molar-refractivity contribution in [2.24, 2.45) is 0 Å². The smallest absolute Gasteiger partial charge is 0.153 e. The van der Waals surface area contributed by atoms with Gasteiger partial charge in [0, 0.05) is 40.3 Å². The second-order valence-electron chi connectivity index (χ2n) is 7.83. The van der Waals surface area contributed by atoms with E-state index in [4.69, 9.17) is 5.73 Å². The highest BCUT2D eigenvalue weighted by Gasteiger charge is 2.16. The Morgan fingerprint density at radius 3 is 2.48 bits per heavy atom. The summed E-state index contributed by atoms with van der Waals surface area (Å²) in [5.74, 6) is -0.714. The summed E-state index contributed by atoms with van der Waals surface area (Å²) in [6.07, 6.45) is 1.70. The van der Waals surface area contributed by atoms with Gasteiger partial charge in [0.2, 0.25) is 0 Å². The number of nitrogens with one attached hydrogen (secondary N) is 2. The van der Waals surface area contributed by atoms with Crippen molar-refractivity contribution in [3.05, 3.63) is 65.9 Å². The number of hydrogen-bond acceptors (Lipinski definition) is 4. The molecule has 0 bridgehead atoms. The highest BCUT2D eigenvalue weighted by atomic mass is 19.1. The number of hydrogen-bond donors (Lipinski definition) is 3. The first-order valence-electron chi connectivity index (χ1n) is 9.75. The first-order chi connectivity index (χ1) is 14.9. The van der Waals surface area contributed by atoms with Gasteiger partial charge in [-0.2, -0.15) is 5.10 Å². The summed E-state index contributed by atoms with van der Waals surface area (Å²) in [5, 5.41) is 8.60. The Balaban J connectivity index is 1.62. The second kappa shape index (κ2) is 7.17. The molecular weight excluding hydrogens is 398 g/mol. The minimum Gasteiger partial charge on any atom is -0.382 e. The molecule has 0 saturated carbocycles. The van der Waals surface area contributed by atoms with Gasteiger partial charge in [0.05, 0.1) is 5.52 Å². The third-order valence-corrected chi connectivity index (χ3v) is 5.36. The molecule has 0 amide bonds. The van der Waals surface area contributed by atoms with Crippen molar-refractivity contribution in [3.63, 3.8) is 0 Å². The van der Waals surface area contributed by atoms with Crippen LogP contribution in [0.1, 0.15) is 5.56 Å². The lowest BCUT2D eigenvalue weighted by molar-refractivity contribution is 0.381. The van der Waals surface area contributed by atoms with Crippen LogP contribution in [0.15, 0.2) is 48.7 Å². The Hall–Kier alpha value is -3.78. The predicted octanol–water partition coefficient (Wildman–Crippen LogP) is 4.70. The number of aromatic nitrogens is 4. The van der Waals surface area contributed by atoms with Crippen LogP contribution in [0.25, 0.3) is 44.3 Å². The second-order valence-corrected chi connectivity index (χ2v) is 7.83. The number of benzene rings is 2. The lowest BCUT2D eigenvalue weighted by atomic mass is 10.0. The van der Waals surface area contributed by atoms with Gasteiger partial charge in [-0.3, -0.25) is 5.10 Å². The van der Waals surface area contributed by atoms with Crippen LogP contribution in [0.3, 0.4) is 0 Å². The summed E-state index contributed by atoms with van der Waals surface area (Å²) < 4.78 is 29.2. The molecule has 3 heterocycles. The van der Waals surface area contributed by atoms with Crippen molar-refractivity contribution in [2.45, 2.75) is 6.54 Å². The standard InChI is InChI=1S/C23H20F2N6/c1-31(2)11-17-18(24)8-13(9-19(17)25)21-10-15-14(5-6-27-23(15)28-21)12-3-4-20-16(7-12)22(26)30-29-20/h3-10H,11H2,1-2H3,(H,27,28)(H3,26,29,30). The summed E-state index contributed by atoms with van der Waals surface area (Å²) >= 11 is 0. The number of fused-ring (bicyclic) bond motifs is 2. The molecule has 5 rings (SSSR count). The lowest BCUT2D eigenvalue weighted by Gasteiger charge is -2.12. The van der Waals surface area contributed by atoms with Gasteiger partial charge in [-0.25, -0.2) is 13.8 Å². The highest BCUT2D eigenvalue weighted by molar-refractivity contribution is 5.99. The molecule has 8 heteroatoms. The molecule has 2 aromatic carbocycles. The molecule has 0 aliphatic heterocycles. The highest BCUT2D eigenvalue weighted by Crippen LogP contribution is 2.34. The molecule has 31 heavy (non-hydrogen) atoms. The van der Waals surface area contributed by atoms with Crippen molar-refractivity contribution in [2.75, 3.05) is 19.8 Å². The molecule has 0 atom stereocenters. The van der Waals surface area contributed by atoms with Crippen LogP contribution in [-0.2, 0) is 6.54 Å². The average molecular weight is 418 g/mol. The van der Waals surface area contributed by atoms with E-state index in [1.165, 1.54) is 12.1 Å². The van der Waals surface area contributed by atoms with Crippen LogP contribution >= 0.6 is 0 Å². The Kier molecular flexibility index (Phi) is 4.44. The van der Waals surface area contributed by atoms with E-state index in [9.17, 15) is 8.78 Å². The molecule has 0 radical (unpaired) electrons. The molecule has 0 saturated heterocycles. The predicted molar refractivity (Wildman–Crippen MR) is 118 cm³/mol. The Labute approximate surface area is 176 Å². The number of halogens is 2. The van der Waals surface area contributed by atoms with Crippen molar-refractivity contribution >= 4 is 27.8 Å². The maximum absolute atomic E-state index is 14.6. The van der Waals surface area contributed by atoms with Crippen LogP contribution in [0, 0.1) is 11.6 Å². The normalized spacial score (nSPS) is 11.8. The van der Waals surface area contributed by atoms with E-state index >= 15 is 0 Å². The molecule has 0 fully saturated rings. The Morgan fingerprint density at radius 1 is 0.968 bits per heavy atom. The van der Waals surface area contributed by atoms with Crippen molar-refractivity contribution in [1.29, 1.82) is 0 Å². The molecular formula is C23H20F2N6. The number of aromatic amines is 2. The monoisotopic (exact) mass is 418 g/mol. The summed E-state index contributed by atoms with van der Waals surface area (Å²) in [5.41, 5.74) is 10.4. The molecule has 0 unspecified atom stereocenters. The van der Waals surface area contributed by atoms with Gasteiger partial charge in [0.1, 0.15) is 17.3 Å². The van der Waals surface area contributed by atoms with E-state index in [0.29, 0.717) is 22.7 Å². The number of nitrogens with zero attached hydrogens (tertiary/aromatic N) is 3. The number of anilines is 1. The zero-order valence-electron chi connectivity index (χ0n) is 17.0. The number of pyridine rings is 1. The quantitative estimate of drug-likeness (QED) is 0.395. The minimum absolute atomic E-state index is 0.0506. The molecule has 4 N–H and O–H groups in total. The number of nitrogens with two attached hydrogens (primary N) is 1. The van der Waals surface area contributed by atoms with Crippen molar-refractivity contribution in [1.82, 2.24) is 25.1 Å². The Bertz CT molecular complexity index is 1410. The maximum atomic E-state index is 14.6. The summed E-state index contributed by atoms with van der Waals surface area (Å²) in [7, 11) is 3.54. The molecule has 6 nitrogen and oxygen atoms in total. The molecule has 0 aliphatic carbocycles. The van der Waals surface area contributed by atoms with E-state index in [2.05, 4.69) is 20.2 Å². The van der Waals surface area contributed by atoms with Crippen LogP contribution in [0.5, 0.6) is 0 Å². The zero-order valence-corrected chi connectivity index (χ0v) is 17.0. The molecule has 156 valence electrons. The molecule has 0 spiro atoms. The average Bonchev–Trinajstić information content (AvgIpc) is 3.34. The van der Waals surface area contributed by atoms with Crippen LogP contribution in [0.4, 0.5) is 14.6 Å². The number of nitrogen functional groups attached to an aromatic ring is 1. The summed E-state index contributed by atoms with van der Waals surface area (Å²) in [6, 6.07) is 12.3.